The van der Waals surface area contributed by atoms with Gasteiger partial charge in [0.15, 0.2) is 0 Å². The highest BCUT2D eigenvalue weighted by molar-refractivity contribution is 5.84. The van der Waals surface area contributed by atoms with E-state index in [4.69, 9.17) is 14.9 Å². The maximum absolute atomic E-state index is 12.3. The second-order valence-electron chi connectivity index (χ2n) is 4.69. The van der Waals surface area contributed by atoms with Crippen molar-refractivity contribution < 1.29 is 13.5 Å². The second kappa shape index (κ2) is 4.61. The average molecular weight is 249 g/mol. The third-order valence-electron chi connectivity index (χ3n) is 3.57. The zero-order chi connectivity index (χ0) is 12.5. The maximum atomic E-state index is 12.3. The Kier molecular flexibility index (Phi) is 2.96. The fourth-order valence-electron chi connectivity index (χ4n) is 2.56. The quantitative estimate of drug-likeness (QED) is 0.886. The summed E-state index contributed by atoms with van der Waals surface area (Å²) in [4.78, 5) is 0. The van der Waals surface area contributed by atoms with Crippen molar-refractivity contribution >= 4 is 11.0 Å². The standard InChI is InChI=1S/C14H16FNO2/c15-4-6-18-13-2-1-12-10(3-5-17-12)14(13)11-7-9(11)8-16/h1-3,5,9,11H,4,6-8,16H2/t9-,11+/m0/s1. The molecule has 1 aromatic carbocycles. The highest BCUT2D eigenvalue weighted by Crippen LogP contribution is 2.52. The molecule has 0 saturated heterocycles. The minimum atomic E-state index is -0.478. The van der Waals surface area contributed by atoms with E-state index in [9.17, 15) is 4.39 Å². The lowest BCUT2D eigenvalue weighted by atomic mass is 10.0. The van der Waals surface area contributed by atoms with Gasteiger partial charge < -0.3 is 14.9 Å². The lowest BCUT2D eigenvalue weighted by molar-refractivity contribution is 0.271. The Morgan fingerprint density at radius 1 is 1.39 bits per heavy atom. The molecule has 96 valence electrons. The van der Waals surface area contributed by atoms with Crippen LogP contribution in [0.4, 0.5) is 4.39 Å². The van der Waals surface area contributed by atoms with Crippen LogP contribution in [-0.2, 0) is 0 Å². The van der Waals surface area contributed by atoms with Gasteiger partial charge in [-0.2, -0.15) is 0 Å². The molecule has 1 aromatic heterocycles. The molecule has 3 nitrogen and oxygen atoms in total. The first-order chi connectivity index (χ1) is 8.85. The van der Waals surface area contributed by atoms with E-state index in [1.165, 1.54) is 0 Å². The normalized spacial score (nSPS) is 22.3. The molecule has 1 aliphatic carbocycles. The fraction of sp³-hybridized carbons (Fsp3) is 0.429. The molecule has 2 aromatic rings. The van der Waals surface area contributed by atoms with E-state index >= 15 is 0 Å². The summed E-state index contributed by atoms with van der Waals surface area (Å²) < 4.78 is 23.2. The Morgan fingerprint density at radius 3 is 3.00 bits per heavy atom. The average Bonchev–Trinajstić information content (AvgIpc) is 3.02. The van der Waals surface area contributed by atoms with E-state index in [0.29, 0.717) is 18.4 Å². The Morgan fingerprint density at radius 2 is 2.28 bits per heavy atom. The van der Waals surface area contributed by atoms with Crippen LogP contribution in [0.1, 0.15) is 17.9 Å². The van der Waals surface area contributed by atoms with Crippen LogP contribution in [0.2, 0.25) is 0 Å². The highest BCUT2D eigenvalue weighted by Gasteiger charge is 2.40. The number of nitrogens with two attached hydrogens (primary N) is 1. The van der Waals surface area contributed by atoms with E-state index < -0.39 is 6.67 Å². The van der Waals surface area contributed by atoms with Crippen LogP contribution in [0.25, 0.3) is 11.0 Å². The number of alkyl halides is 1. The van der Waals surface area contributed by atoms with E-state index in [0.717, 1.165) is 28.7 Å². The van der Waals surface area contributed by atoms with Gasteiger partial charge in [0.25, 0.3) is 0 Å². The van der Waals surface area contributed by atoms with Crippen molar-refractivity contribution in [3.05, 3.63) is 30.0 Å². The van der Waals surface area contributed by atoms with Gasteiger partial charge >= 0.3 is 0 Å². The van der Waals surface area contributed by atoms with Gasteiger partial charge in [-0.05, 0) is 43.0 Å². The molecule has 4 heteroatoms. The number of halogens is 1. The molecular formula is C14H16FNO2. The molecule has 0 aliphatic heterocycles. The Bertz CT molecular complexity index is 552. The molecular weight excluding hydrogens is 233 g/mol. The van der Waals surface area contributed by atoms with Gasteiger partial charge in [0.2, 0.25) is 0 Å². The van der Waals surface area contributed by atoms with Gasteiger partial charge in [-0.15, -0.1) is 0 Å². The lowest BCUT2D eigenvalue weighted by Crippen LogP contribution is -2.04. The van der Waals surface area contributed by atoms with E-state index in [1.807, 2.05) is 18.2 Å². The number of rotatable bonds is 5. The van der Waals surface area contributed by atoms with Crippen molar-refractivity contribution in [3.8, 4) is 5.75 Å². The molecule has 1 heterocycles. The fourth-order valence-corrected chi connectivity index (χ4v) is 2.56. The minimum Gasteiger partial charge on any atom is -0.491 e. The molecule has 3 rings (SSSR count). The summed E-state index contributed by atoms with van der Waals surface area (Å²) in [6.07, 6.45) is 2.75. The molecule has 0 spiro atoms. The van der Waals surface area contributed by atoms with Crippen molar-refractivity contribution in [2.75, 3.05) is 19.8 Å². The Hall–Kier alpha value is -1.55. The lowest BCUT2D eigenvalue weighted by Gasteiger charge is -2.11. The molecule has 0 bridgehead atoms. The van der Waals surface area contributed by atoms with E-state index in [1.54, 1.807) is 6.26 Å². The van der Waals surface area contributed by atoms with Gasteiger partial charge in [-0.25, -0.2) is 4.39 Å². The van der Waals surface area contributed by atoms with Gasteiger partial charge in [0, 0.05) is 10.9 Å². The predicted molar refractivity (Wildman–Crippen MR) is 67.6 cm³/mol. The van der Waals surface area contributed by atoms with Crippen LogP contribution >= 0.6 is 0 Å². The van der Waals surface area contributed by atoms with Crippen LogP contribution in [0, 0.1) is 5.92 Å². The zero-order valence-corrected chi connectivity index (χ0v) is 10.1. The molecule has 2 atom stereocenters. The SMILES string of the molecule is NC[C@@H]1C[C@H]1c1c(OCCF)ccc2occc12. The largest absolute Gasteiger partial charge is 0.491 e. The third-order valence-corrected chi connectivity index (χ3v) is 3.57. The number of fused-ring (bicyclic) bond motifs is 1. The number of ether oxygens (including phenoxy) is 1. The number of hydrogen-bond acceptors (Lipinski definition) is 3. The molecule has 0 radical (unpaired) electrons. The van der Waals surface area contributed by atoms with Crippen molar-refractivity contribution in [3.63, 3.8) is 0 Å². The summed E-state index contributed by atoms with van der Waals surface area (Å²) in [5.41, 5.74) is 7.68. The van der Waals surface area contributed by atoms with Crippen molar-refractivity contribution in [1.29, 1.82) is 0 Å². The number of hydrogen-bond donors (Lipinski definition) is 1. The maximum Gasteiger partial charge on any atom is 0.134 e. The van der Waals surface area contributed by atoms with E-state index in [-0.39, 0.29) is 6.61 Å². The molecule has 1 aliphatic rings. The van der Waals surface area contributed by atoms with Crippen molar-refractivity contribution in [1.82, 2.24) is 0 Å². The van der Waals surface area contributed by atoms with Crippen LogP contribution in [0.5, 0.6) is 5.75 Å². The van der Waals surface area contributed by atoms with Gasteiger partial charge in [0.1, 0.15) is 24.6 Å². The number of benzene rings is 1. The first kappa shape index (κ1) is 11.5. The summed E-state index contributed by atoms with van der Waals surface area (Å²) in [7, 11) is 0. The van der Waals surface area contributed by atoms with Crippen molar-refractivity contribution in [2.45, 2.75) is 12.3 Å². The van der Waals surface area contributed by atoms with Gasteiger partial charge in [-0.3, -0.25) is 0 Å². The molecule has 1 saturated carbocycles. The summed E-state index contributed by atoms with van der Waals surface area (Å²) in [5.74, 6) is 1.70. The highest BCUT2D eigenvalue weighted by atomic mass is 19.1. The van der Waals surface area contributed by atoms with Gasteiger partial charge in [-0.1, -0.05) is 0 Å². The minimum absolute atomic E-state index is 0.0936. The molecule has 0 amide bonds. The van der Waals surface area contributed by atoms with E-state index in [2.05, 4.69) is 0 Å². The van der Waals surface area contributed by atoms with Crippen LogP contribution < -0.4 is 10.5 Å². The first-order valence-electron chi connectivity index (χ1n) is 6.24. The Labute approximate surface area is 105 Å². The summed E-state index contributed by atoms with van der Waals surface area (Å²) >= 11 is 0. The van der Waals surface area contributed by atoms with Gasteiger partial charge in [0.05, 0.1) is 6.26 Å². The first-order valence-corrected chi connectivity index (χ1v) is 6.24. The summed E-state index contributed by atoms with van der Waals surface area (Å²) in [5, 5.41) is 1.06. The topological polar surface area (TPSA) is 48.4 Å². The second-order valence-corrected chi connectivity index (χ2v) is 4.69. The molecule has 18 heavy (non-hydrogen) atoms. The summed E-state index contributed by atoms with van der Waals surface area (Å²) in [6.45, 7) is 0.297. The molecule has 0 unspecified atom stereocenters. The smallest absolute Gasteiger partial charge is 0.134 e. The monoisotopic (exact) mass is 249 g/mol. The van der Waals surface area contributed by atoms with Crippen LogP contribution in [-0.4, -0.2) is 19.8 Å². The van der Waals surface area contributed by atoms with Crippen molar-refractivity contribution in [2.24, 2.45) is 11.7 Å². The van der Waals surface area contributed by atoms with Crippen LogP contribution in [0.3, 0.4) is 0 Å². The Balaban J connectivity index is 2.02. The third kappa shape index (κ3) is 1.86. The number of furan rings is 1. The molecule has 1 fully saturated rings. The molecule has 2 N–H and O–H groups in total. The zero-order valence-electron chi connectivity index (χ0n) is 10.1. The predicted octanol–water partition coefficient (Wildman–Crippen LogP) is 2.84. The van der Waals surface area contributed by atoms with Crippen LogP contribution in [0.15, 0.2) is 28.9 Å². The summed E-state index contributed by atoms with van der Waals surface area (Å²) in [6, 6.07) is 5.67.